The minimum Gasteiger partial charge on any atom is -0.466 e. The van der Waals surface area contributed by atoms with Crippen LogP contribution in [0.15, 0.2) is 35.5 Å². The molecule has 118 valence electrons. The van der Waals surface area contributed by atoms with E-state index in [0.717, 1.165) is 5.56 Å². The average Bonchev–Trinajstić information content (AvgIpc) is 2.51. The summed E-state index contributed by atoms with van der Waals surface area (Å²) in [4.78, 5) is 25.6. The number of carbonyl (C=O) groups is 2. The normalized spacial score (nSPS) is 18.5. The summed E-state index contributed by atoms with van der Waals surface area (Å²) in [7, 11) is 2.98. The molecule has 1 aliphatic heterocycles. The molecule has 0 aromatic heterocycles. The van der Waals surface area contributed by atoms with Crippen LogP contribution in [0.3, 0.4) is 0 Å². The van der Waals surface area contributed by atoms with Crippen LogP contribution in [0.5, 0.6) is 0 Å². The minimum absolute atomic E-state index is 0.233. The number of hydrogen-bond acceptors (Lipinski definition) is 3. The van der Waals surface area contributed by atoms with Crippen LogP contribution in [0.25, 0.3) is 0 Å². The molecule has 5 heteroatoms. The maximum absolute atomic E-state index is 12.1. The molecule has 1 aromatic rings. The lowest BCUT2D eigenvalue weighted by atomic mass is 9.93. The van der Waals surface area contributed by atoms with E-state index in [4.69, 9.17) is 4.74 Å². The smallest absolute Gasteiger partial charge is 0.337 e. The van der Waals surface area contributed by atoms with Gasteiger partial charge in [0.25, 0.3) is 0 Å². The Morgan fingerprint density at radius 2 is 1.86 bits per heavy atom. The molecule has 22 heavy (non-hydrogen) atoms. The Labute approximate surface area is 130 Å². The van der Waals surface area contributed by atoms with Gasteiger partial charge in [-0.05, 0) is 24.0 Å². The average molecular weight is 302 g/mol. The fourth-order valence-electron chi connectivity index (χ4n) is 2.53. The maximum Gasteiger partial charge on any atom is 0.337 e. The zero-order valence-corrected chi connectivity index (χ0v) is 13.6. The van der Waals surface area contributed by atoms with Gasteiger partial charge in [0.15, 0.2) is 0 Å². The van der Waals surface area contributed by atoms with Crippen LogP contribution >= 0.6 is 0 Å². The number of methoxy groups -OCH3 is 1. The largest absolute Gasteiger partial charge is 0.466 e. The van der Waals surface area contributed by atoms with Crippen molar-refractivity contribution in [2.75, 3.05) is 14.2 Å². The van der Waals surface area contributed by atoms with Crippen LogP contribution in [-0.2, 0) is 9.53 Å². The Bertz CT molecular complexity index is 617. The first kappa shape index (κ1) is 16.1. The molecule has 0 saturated heterocycles. The molecule has 1 aliphatic rings. The number of nitrogens with one attached hydrogen (secondary N) is 1. The van der Waals surface area contributed by atoms with E-state index in [0.29, 0.717) is 17.2 Å². The quantitative estimate of drug-likeness (QED) is 0.873. The predicted octanol–water partition coefficient (Wildman–Crippen LogP) is 2.95. The van der Waals surface area contributed by atoms with E-state index in [9.17, 15) is 9.59 Å². The first-order chi connectivity index (χ1) is 10.4. The fraction of sp³-hybridized carbons (Fsp3) is 0.412. The summed E-state index contributed by atoms with van der Waals surface area (Å²) in [5, 5.41) is 2.86. The molecule has 0 fully saturated rings. The number of nitrogens with zero attached hydrogens (tertiary/aromatic N) is 1. The van der Waals surface area contributed by atoms with Crippen LogP contribution in [0.4, 0.5) is 4.79 Å². The van der Waals surface area contributed by atoms with Crippen molar-refractivity contribution >= 4 is 12.0 Å². The van der Waals surface area contributed by atoms with E-state index >= 15 is 0 Å². The zero-order valence-electron chi connectivity index (χ0n) is 13.6. The van der Waals surface area contributed by atoms with Crippen LogP contribution < -0.4 is 5.32 Å². The number of amides is 2. The zero-order chi connectivity index (χ0) is 16.4. The van der Waals surface area contributed by atoms with E-state index in [-0.39, 0.29) is 6.03 Å². The Kier molecular flexibility index (Phi) is 4.54. The van der Waals surface area contributed by atoms with Crippen LogP contribution in [0.2, 0.25) is 0 Å². The molecule has 0 bridgehead atoms. The van der Waals surface area contributed by atoms with Crippen LogP contribution in [0, 0.1) is 0 Å². The number of hydrogen-bond donors (Lipinski definition) is 1. The second kappa shape index (κ2) is 6.22. The molecule has 1 aromatic carbocycles. The first-order valence-electron chi connectivity index (χ1n) is 7.30. The highest BCUT2D eigenvalue weighted by Gasteiger charge is 2.34. The molecule has 1 unspecified atom stereocenters. The first-order valence-corrected chi connectivity index (χ1v) is 7.30. The monoisotopic (exact) mass is 302 g/mol. The second-order valence-electron chi connectivity index (χ2n) is 5.75. The molecule has 0 aliphatic carbocycles. The van der Waals surface area contributed by atoms with Crippen molar-refractivity contribution < 1.29 is 14.3 Å². The summed E-state index contributed by atoms with van der Waals surface area (Å²) in [6.45, 7) is 5.99. The maximum atomic E-state index is 12.1. The lowest BCUT2D eigenvalue weighted by molar-refractivity contribution is -0.136. The van der Waals surface area contributed by atoms with Crippen molar-refractivity contribution in [1.29, 1.82) is 0 Å². The third-order valence-electron chi connectivity index (χ3n) is 4.10. The van der Waals surface area contributed by atoms with Gasteiger partial charge in [-0.25, -0.2) is 9.59 Å². The molecule has 0 saturated carbocycles. The standard InChI is InChI=1S/C17H22N2O3/c1-10(2)12-6-8-13(9-7-12)15-14(16(20)22-5)11(3)19(4)17(21)18-15/h6-10,15H,1-5H3,(H,18,21). The molecular weight excluding hydrogens is 280 g/mol. The highest BCUT2D eigenvalue weighted by molar-refractivity contribution is 5.94. The number of carbonyl (C=O) groups excluding carboxylic acids is 2. The third-order valence-corrected chi connectivity index (χ3v) is 4.10. The minimum atomic E-state index is -0.489. The van der Waals surface area contributed by atoms with E-state index in [1.165, 1.54) is 17.6 Å². The summed E-state index contributed by atoms with van der Waals surface area (Å²) >= 11 is 0. The molecule has 5 nitrogen and oxygen atoms in total. The van der Waals surface area contributed by atoms with Crippen molar-refractivity contribution in [2.45, 2.75) is 32.7 Å². The molecule has 0 spiro atoms. The topological polar surface area (TPSA) is 58.6 Å². The highest BCUT2D eigenvalue weighted by atomic mass is 16.5. The summed E-state index contributed by atoms with van der Waals surface area (Å²) < 4.78 is 4.88. The van der Waals surface area contributed by atoms with E-state index in [1.807, 2.05) is 24.3 Å². The number of ether oxygens (including phenoxy) is 1. The van der Waals surface area contributed by atoms with Crippen molar-refractivity contribution in [3.63, 3.8) is 0 Å². The molecule has 1 heterocycles. The van der Waals surface area contributed by atoms with Crippen LogP contribution in [0.1, 0.15) is 43.9 Å². The molecule has 2 rings (SSSR count). The van der Waals surface area contributed by atoms with E-state index < -0.39 is 12.0 Å². The van der Waals surface area contributed by atoms with Gasteiger partial charge in [-0.1, -0.05) is 38.1 Å². The summed E-state index contributed by atoms with van der Waals surface area (Å²) in [5.74, 6) is 0.000715. The van der Waals surface area contributed by atoms with Gasteiger partial charge in [0.2, 0.25) is 0 Å². The second-order valence-corrected chi connectivity index (χ2v) is 5.75. The lowest BCUT2D eigenvalue weighted by Gasteiger charge is -2.33. The van der Waals surface area contributed by atoms with Gasteiger partial charge in [0.05, 0.1) is 18.7 Å². The number of esters is 1. The van der Waals surface area contributed by atoms with Crippen molar-refractivity contribution in [3.8, 4) is 0 Å². The summed E-state index contributed by atoms with van der Waals surface area (Å²) in [6, 6.07) is 7.22. The van der Waals surface area contributed by atoms with Gasteiger partial charge in [-0.3, -0.25) is 0 Å². The van der Waals surface area contributed by atoms with Gasteiger partial charge >= 0.3 is 12.0 Å². The third kappa shape index (κ3) is 2.84. The summed E-state index contributed by atoms with van der Waals surface area (Å²) in [6.07, 6.45) is 0. The van der Waals surface area contributed by atoms with Crippen LogP contribution in [-0.4, -0.2) is 31.1 Å². The SMILES string of the molecule is COC(=O)C1=C(C)N(C)C(=O)NC1c1ccc(C(C)C)cc1. The predicted molar refractivity (Wildman–Crippen MR) is 84.3 cm³/mol. The number of rotatable bonds is 3. The van der Waals surface area contributed by atoms with Gasteiger partial charge < -0.3 is 15.0 Å². The molecular formula is C17H22N2O3. The van der Waals surface area contributed by atoms with E-state index in [2.05, 4.69) is 19.2 Å². The molecule has 2 amide bonds. The number of allylic oxidation sites excluding steroid dienone is 1. The Morgan fingerprint density at radius 1 is 1.27 bits per heavy atom. The molecule has 1 N–H and O–H groups in total. The van der Waals surface area contributed by atoms with Gasteiger partial charge in [-0.2, -0.15) is 0 Å². The molecule has 0 radical (unpaired) electrons. The molecule has 1 atom stereocenters. The Balaban J connectivity index is 2.46. The Morgan fingerprint density at radius 3 is 2.36 bits per heavy atom. The highest BCUT2D eigenvalue weighted by Crippen LogP contribution is 2.31. The van der Waals surface area contributed by atoms with Crippen molar-refractivity contribution in [3.05, 3.63) is 46.7 Å². The van der Waals surface area contributed by atoms with Gasteiger partial charge in [-0.15, -0.1) is 0 Å². The van der Waals surface area contributed by atoms with Gasteiger partial charge in [0.1, 0.15) is 0 Å². The van der Waals surface area contributed by atoms with Crippen molar-refractivity contribution in [2.24, 2.45) is 0 Å². The number of benzene rings is 1. The van der Waals surface area contributed by atoms with Crippen molar-refractivity contribution in [1.82, 2.24) is 10.2 Å². The number of urea groups is 1. The Hall–Kier alpha value is -2.30. The van der Waals surface area contributed by atoms with E-state index in [1.54, 1.807) is 14.0 Å². The van der Waals surface area contributed by atoms with Gasteiger partial charge in [0, 0.05) is 12.7 Å². The fourth-order valence-corrected chi connectivity index (χ4v) is 2.53. The lowest BCUT2D eigenvalue weighted by Crippen LogP contribution is -2.46. The summed E-state index contributed by atoms with van der Waals surface area (Å²) in [5.41, 5.74) is 3.14.